The van der Waals surface area contributed by atoms with Crippen LogP contribution in [0.25, 0.3) is 0 Å². The van der Waals surface area contributed by atoms with Crippen LogP contribution in [0.15, 0.2) is 77.7 Å². The van der Waals surface area contributed by atoms with Crippen LogP contribution in [0.2, 0.25) is 51.8 Å². The Labute approximate surface area is 272 Å². The van der Waals surface area contributed by atoms with Crippen LogP contribution in [0.5, 0.6) is 5.75 Å². The summed E-state index contributed by atoms with van der Waals surface area (Å²) in [7, 11) is 5.62. The van der Waals surface area contributed by atoms with Crippen molar-refractivity contribution >= 4 is 71.1 Å². The molecule has 0 heterocycles. The first-order valence-electron chi connectivity index (χ1n) is 14.4. The standard InChI is InChI=1S/C12H19GeNO.C11H16GeO2.C11H16GeOS/c1-13(2,3)12(15)10-6-8-11(9-7-10)14(4)5;2*1-12(2,3)11(13)9-5-7-10(14-4)8-6-9/h6-9H,1-5H3;2*5-8H,1-4H3. The average Bonchev–Trinajstić information content (AvgIpc) is 2.95. The van der Waals surface area contributed by atoms with Crippen molar-refractivity contribution in [2.24, 2.45) is 0 Å². The van der Waals surface area contributed by atoms with Crippen molar-refractivity contribution in [2.45, 2.75) is 56.7 Å². The average molecular weight is 788 g/mol. The third-order valence-electron chi connectivity index (χ3n) is 6.39. The molecule has 0 bridgehead atoms. The van der Waals surface area contributed by atoms with Gasteiger partial charge in [-0.25, -0.2) is 0 Å². The number of anilines is 1. The molecule has 0 aliphatic carbocycles. The van der Waals surface area contributed by atoms with Crippen LogP contribution in [0, 0.1) is 0 Å². The fourth-order valence-electron chi connectivity index (χ4n) is 3.69. The maximum atomic E-state index is 12.0. The third-order valence-corrected chi connectivity index (χ3v) is 17.5. The van der Waals surface area contributed by atoms with Crippen molar-refractivity contribution in [3.63, 3.8) is 0 Å². The number of methoxy groups -OCH3 is 1. The number of hydrogen-bond acceptors (Lipinski definition) is 6. The first-order valence-corrected chi connectivity index (χ1v) is 37.7. The van der Waals surface area contributed by atoms with Gasteiger partial charge in [-0.05, 0) is 0 Å². The molecule has 0 atom stereocenters. The molecular formula is C34H51Ge3NO4S. The van der Waals surface area contributed by atoms with Gasteiger partial charge in [-0.3, -0.25) is 0 Å². The summed E-state index contributed by atoms with van der Waals surface area (Å²) >= 11 is -4.84. The summed E-state index contributed by atoms with van der Waals surface area (Å²) in [5.41, 5.74) is 3.70. The Morgan fingerprint density at radius 3 is 1.12 bits per heavy atom. The van der Waals surface area contributed by atoms with E-state index in [-0.39, 0.29) is 0 Å². The van der Waals surface area contributed by atoms with Gasteiger partial charge in [-0.1, -0.05) is 0 Å². The van der Waals surface area contributed by atoms with Crippen LogP contribution < -0.4 is 9.64 Å². The van der Waals surface area contributed by atoms with Gasteiger partial charge in [0.15, 0.2) is 0 Å². The molecule has 0 aliphatic rings. The molecule has 0 saturated carbocycles. The summed E-state index contributed by atoms with van der Waals surface area (Å²) in [6.45, 7) is 0. The number of rotatable bonds is 9. The Morgan fingerprint density at radius 2 is 0.860 bits per heavy atom. The quantitative estimate of drug-likeness (QED) is 0.159. The van der Waals surface area contributed by atoms with E-state index in [9.17, 15) is 14.4 Å². The van der Waals surface area contributed by atoms with Crippen LogP contribution in [0.4, 0.5) is 5.69 Å². The van der Waals surface area contributed by atoms with Gasteiger partial charge in [0.2, 0.25) is 0 Å². The molecule has 0 aliphatic heterocycles. The number of nitrogens with zero attached hydrogens (tertiary/aromatic N) is 1. The first kappa shape index (κ1) is 39.3. The minimum atomic E-state index is -2.19. The zero-order chi connectivity index (χ0) is 33.2. The Kier molecular flexibility index (Phi) is 15.6. The van der Waals surface area contributed by atoms with E-state index >= 15 is 0 Å². The summed E-state index contributed by atoms with van der Waals surface area (Å²) in [5.74, 6) is 19.9. The zero-order valence-electron chi connectivity index (χ0n) is 28.4. The van der Waals surface area contributed by atoms with Gasteiger partial charge in [-0.2, -0.15) is 0 Å². The van der Waals surface area contributed by atoms with E-state index in [1.807, 2.05) is 98.0 Å². The fraction of sp³-hybridized carbons (Fsp3) is 0.382. The summed E-state index contributed by atoms with van der Waals surface area (Å²) in [6, 6.07) is 23.2. The Bertz CT molecular complexity index is 1270. The molecule has 0 amide bonds. The first-order chi connectivity index (χ1) is 19.7. The van der Waals surface area contributed by atoms with Crippen molar-refractivity contribution < 1.29 is 19.1 Å². The molecule has 9 heteroatoms. The van der Waals surface area contributed by atoms with E-state index in [1.165, 1.54) is 4.90 Å². The number of thioether (sulfide) groups is 1. The van der Waals surface area contributed by atoms with E-state index in [1.54, 1.807) is 18.9 Å². The molecule has 0 N–H and O–H groups in total. The normalized spacial score (nSPS) is 11.3. The molecule has 234 valence electrons. The molecule has 0 aromatic heterocycles. The number of carbonyl (C=O) groups is 3. The minimum absolute atomic E-state index is 0.340. The van der Waals surface area contributed by atoms with E-state index < -0.39 is 39.8 Å². The van der Waals surface area contributed by atoms with Crippen molar-refractivity contribution in [3.05, 3.63) is 89.5 Å². The van der Waals surface area contributed by atoms with E-state index in [0.717, 1.165) is 28.1 Å². The number of hydrogen-bond donors (Lipinski definition) is 0. The molecule has 3 aromatic carbocycles. The Balaban J connectivity index is 0.000000323. The molecule has 0 radical (unpaired) electrons. The molecule has 0 unspecified atom stereocenters. The van der Waals surface area contributed by atoms with Gasteiger partial charge in [0.25, 0.3) is 0 Å². The summed E-state index contributed by atoms with van der Waals surface area (Å²) in [4.78, 5) is 39.1. The van der Waals surface area contributed by atoms with Gasteiger partial charge >= 0.3 is 275 Å². The number of benzene rings is 3. The van der Waals surface area contributed by atoms with Gasteiger partial charge in [0, 0.05) is 0 Å². The van der Waals surface area contributed by atoms with Crippen LogP contribution in [0.3, 0.4) is 0 Å². The van der Waals surface area contributed by atoms with E-state index in [0.29, 0.717) is 13.8 Å². The molecule has 3 rings (SSSR count). The van der Waals surface area contributed by atoms with Crippen LogP contribution in [-0.4, -0.2) is 81.1 Å². The molecule has 43 heavy (non-hydrogen) atoms. The second-order valence-electron chi connectivity index (χ2n) is 13.6. The fourth-order valence-corrected chi connectivity index (χ4v) is 10.6. The number of carbonyl (C=O) groups excluding carboxylic acids is 3. The van der Waals surface area contributed by atoms with Crippen molar-refractivity contribution in [1.82, 2.24) is 0 Å². The molecule has 0 spiro atoms. The second kappa shape index (κ2) is 17.1. The molecular weight excluding hydrogens is 736 g/mol. The predicted molar refractivity (Wildman–Crippen MR) is 195 cm³/mol. The van der Waals surface area contributed by atoms with Gasteiger partial charge < -0.3 is 0 Å². The van der Waals surface area contributed by atoms with Crippen molar-refractivity contribution in [3.8, 4) is 5.75 Å². The zero-order valence-corrected chi connectivity index (χ0v) is 35.5. The summed E-state index contributed by atoms with van der Waals surface area (Å²) < 4.78 is 6.14. The predicted octanol–water partition coefficient (Wildman–Crippen LogP) is 9.04. The monoisotopic (exact) mass is 791 g/mol. The number of ether oxygens (including phenoxy) is 1. The third kappa shape index (κ3) is 13.4. The van der Waals surface area contributed by atoms with E-state index in [2.05, 4.69) is 51.8 Å². The van der Waals surface area contributed by atoms with Crippen LogP contribution in [0.1, 0.15) is 31.1 Å². The summed E-state index contributed by atoms with van der Waals surface area (Å²) in [6.07, 6.45) is 2.04. The molecule has 0 saturated heterocycles. The SMILES string of the molecule is CN(C)c1ccc([C](=O)[Ge]([CH3])([CH3])[CH3])cc1.COc1ccc([C](=O)[Ge]([CH3])([CH3])[CH3])cc1.CSc1ccc([C](=O)[Ge]([CH3])([CH3])[CH3])cc1. The van der Waals surface area contributed by atoms with Crippen LogP contribution in [-0.2, 0) is 0 Å². The molecule has 3 aromatic rings. The molecule has 0 fully saturated rings. The maximum absolute atomic E-state index is 12.0. The van der Waals surface area contributed by atoms with Gasteiger partial charge in [0.1, 0.15) is 0 Å². The van der Waals surface area contributed by atoms with Crippen LogP contribution >= 0.6 is 11.8 Å². The topological polar surface area (TPSA) is 63.7 Å². The Hall–Kier alpha value is -1.75. The van der Waals surface area contributed by atoms with Crippen molar-refractivity contribution in [2.75, 3.05) is 32.4 Å². The molecule has 5 nitrogen and oxygen atoms in total. The second-order valence-corrected chi connectivity index (χ2v) is 45.7. The summed E-state index contributed by atoms with van der Waals surface area (Å²) in [5, 5.41) is 0. The van der Waals surface area contributed by atoms with Gasteiger partial charge in [-0.15, -0.1) is 0 Å². The van der Waals surface area contributed by atoms with Crippen molar-refractivity contribution in [1.29, 1.82) is 0 Å². The van der Waals surface area contributed by atoms with Gasteiger partial charge in [0.05, 0.1) is 0 Å². The Morgan fingerprint density at radius 1 is 0.558 bits per heavy atom. The van der Waals surface area contributed by atoms with E-state index in [4.69, 9.17) is 4.74 Å².